The van der Waals surface area contributed by atoms with Crippen LogP contribution in [0, 0.1) is 0 Å². The molecule has 4 nitrogen and oxygen atoms in total. The molecule has 0 unspecified atom stereocenters. The lowest BCUT2D eigenvalue weighted by molar-refractivity contribution is 0.0695. The maximum Gasteiger partial charge on any atom is 0.336 e. The van der Waals surface area contributed by atoms with Crippen LogP contribution in [0.1, 0.15) is 28.1 Å². The summed E-state index contributed by atoms with van der Waals surface area (Å²) < 4.78 is 0. The van der Waals surface area contributed by atoms with E-state index in [0.29, 0.717) is 5.39 Å². The van der Waals surface area contributed by atoms with Crippen LogP contribution in [0.25, 0.3) is 10.8 Å². The van der Waals surface area contributed by atoms with E-state index >= 15 is 0 Å². The molecule has 2 N–H and O–H groups in total. The Balaban J connectivity index is 0.00000144. The summed E-state index contributed by atoms with van der Waals surface area (Å²) in [7, 11) is 0. The minimum absolute atomic E-state index is 0. The third kappa shape index (κ3) is 2.10. The maximum atomic E-state index is 11.0. The van der Waals surface area contributed by atoms with Crippen molar-refractivity contribution in [1.29, 1.82) is 0 Å². The average molecular weight is 232 g/mol. The van der Waals surface area contributed by atoms with E-state index < -0.39 is 11.9 Å². The Labute approximate surface area is 98.1 Å². The lowest BCUT2D eigenvalue weighted by atomic mass is 9.99. The molecule has 0 radical (unpaired) electrons. The summed E-state index contributed by atoms with van der Waals surface area (Å²) in [5.41, 5.74) is 0.0194. The number of rotatable bonds is 2. The predicted molar refractivity (Wildman–Crippen MR) is 64.6 cm³/mol. The average Bonchev–Trinajstić information content (AvgIpc) is 2.27. The summed E-state index contributed by atoms with van der Waals surface area (Å²) in [5.74, 6) is -2.25. The van der Waals surface area contributed by atoms with Gasteiger partial charge in [-0.3, -0.25) is 0 Å². The summed E-state index contributed by atoms with van der Waals surface area (Å²) in [6.45, 7) is 0. The summed E-state index contributed by atoms with van der Waals surface area (Å²) in [6.07, 6.45) is 0. The maximum absolute atomic E-state index is 11.0. The van der Waals surface area contributed by atoms with E-state index in [9.17, 15) is 9.59 Å². The summed E-state index contributed by atoms with van der Waals surface area (Å²) >= 11 is 0. The van der Waals surface area contributed by atoms with Crippen molar-refractivity contribution < 1.29 is 19.8 Å². The number of aromatic carboxylic acids is 2. The molecule has 0 fully saturated rings. The van der Waals surface area contributed by atoms with Gasteiger partial charge in [0.1, 0.15) is 0 Å². The van der Waals surface area contributed by atoms with Gasteiger partial charge in [0, 0.05) is 5.39 Å². The second-order valence-electron chi connectivity index (χ2n) is 3.32. The van der Waals surface area contributed by atoms with E-state index in [1.807, 2.05) is 0 Å². The second kappa shape index (κ2) is 4.65. The van der Waals surface area contributed by atoms with Crippen molar-refractivity contribution in [3.63, 3.8) is 0 Å². The fourth-order valence-electron chi connectivity index (χ4n) is 1.70. The molecule has 17 heavy (non-hydrogen) atoms. The van der Waals surface area contributed by atoms with Gasteiger partial charge in [-0.2, -0.15) is 0 Å². The Morgan fingerprint density at radius 1 is 0.824 bits per heavy atom. The van der Waals surface area contributed by atoms with E-state index in [4.69, 9.17) is 10.2 Å². The summed E-state index contributed by atoms with van der Waals surface area (Å²) in [4.78, 5) is 22.0. The molecule has 0 bridgehead atoms. The van der Waals surface area contributed by atoms with Gasteiger partial charge in [0.05, 0.1) is 11.1 Å². The molecular formula is C13H12O4. The van der Waals surface area contributed by atoms with E-state index in [-0.39, 0.29) is 23.9 Å². The molecule has 4 heteroatoms. The van der Waals surface area contributed by atoms with Gasteiger partial charge >= 0.3 is 11.9 Å². The number of carbonyl (C=O) groups is 2. The van der Waals surface area contributed by atoms with Crippen LogP contribution in [-0.4, -0.2) is 22.2 Å². The Morgan fingerprint density at radius 3 is 1.59 bits per heavy atom. The molecule has 0 atom stereocenters. The molecular weight excluding hydrogens is 220 g/mol. The highest BCUT2D eigenvalue weighted by Crippen LogP contribution is 2.23. The van der Waals surface area contributed by atoms with Crippen molar-refractivity contribution in [2.24, 2.45) is 0 Å². The number of benzene rings is 2. The van der Waals surface area contributed by atoms with Crippen LogP contribution in [0.4, 0.5) is 0 Å². The molecule has 0 aliphatic rings. The molecule has 0 saturated heterocycles. The number of hydrogen-bond acceptors (Lipinski definition) is 2. The standard InChI is InChI=1S/C12H8O4.CH4/c13-11(14)8-5-1-3-7-4-2-6-9(10(7)8)12(15)16;/h1-6H,(H,13,14)(H,15,16);1H4. The Morgan fingerprint density at radius 2 is 1.24 bits per heavy atom. The number of fused-ring (bicyclic) bond motifs is 1. The topological polar surface area (TPSA) is 74.6 Å². The van der Waals surface area contributed by atoms with Crippen molar-refractivity contribution in [2.75, 3.05) is 0 Å². The van der Waals surface area contributed by atoms with Gasteiger partial charge in [-0.15, -0.1) is 0 Å². The monoisotopic (exact) mass is 232 g/mol. The van der Waals surface area contributed by atoms with Crippen LogP contribution in [0.15, 0.2) is 36.4 Å². The molecule has 2 aromatic carbocycles. The van der Waals surface area contributed by atoms with Crippen LogP contribution in [0.5, 0.6) is 0 Å². The first-order valence-electron chi connectivity index (χ1n) is 4.59. The first-order valence-corrected chi connectivity index (χ1v) is 4.59. The molecule has 2 aromatic rings. The van der Waals surface area contributed by atoms with Crippen LogP contribution in [-0.2, 0) is 0 Å². The van der Waals surface area contributed by atoms with Crippen molar-refractivity contribution in [3.8, 4) is 0 Å². The lowest BCUT2D eigenvalue weighted by Gasteiger charge is -2.05. The van der Waals surface area contributed by atoms with Gasteiger partial charge in [-0.1, -0.05) is 31.7 Å². The van der Waals surface area contributed by atoms with Crippen molar-refractivity contribution >= 4 is 22.7 Å². The predicted octanol–water partition coefficient (Wildman–Crippen LogP) is 2.87. The van der Waals surface area contributed by atoms with E-state index in [0.717, 1.165) is 0 Å². The fourth-order valence-corrected chi connectivity index (χ4v) is 1.70. The number of carboxylic acids is 2. The van der Waals surface area contributed by atoms with E-state index in [1.54, 1.807) is 24.3 Å². The molecule has 0 aromatic heterocycles. The number of hydrogen-bond donors (Lipinski definition) is 2. The number of carboxylic acid groups (broad SMARTS) is 2. The Bertz CT molecular complexity index is 538. The molecule has 0 spiro atoms. The smallest absolute Gasteiger partial charge is 0.336 e. The molecule has 0 aliphatic heterocycles. The van der Waals surface area contributed by atoms with Crippen molar-refractivity contribution in [2.45, 2.75) is 7.43 Å². The van der Waals surface area contributed by atoms with Gasteiger partial charge in [-0.25, -0.2) is 9.59 Å². The zero-order valence-corrected chi connectivity index (χ0v) is 8.18. The van der Waals surface area contributed by atoms with E-state index in [1.165, 1.54) is 12.1 Å². The van der Waals surface area contributed by atoms with Crippen LogP contribution < -0.4 is 0 Å². The minimum atomic E-state index is -1.13. The van der Waals surface area contributed by atoms with Gasteiger partial charge in [0.25, 0.3) is 0 Å². The van der Waals surface area contributed by atoms with Crippen molar-refractivity contribution in [1.82, 2.24) is 0 Å². The highest BCUT2D eigenvalue weighted by atomic mass is 16.4. The zero-order chi connectivity index (χ0) is 11.7. The van der Waals surface area contributed by atoms with Crippen molar-refractivity contribution in [3.05, 3.63) is 47.5 Å². The van der Waals surface area contributed by atoms with Crippen LogP contribution in [0.2, 0.25) is 0 Å². The van der Waals surface area contributed by atoms with E-state index in [2.05, 4.69) is 0 Å². The summed E-state index contributed by atoms with van der Waals surface area (Å²) in [6, 6.07) is 9.37. The Hall–Kier alpha value is -2.36. The molecule has 88 valence electrons. The quantitative estimate of drug-likeness (QED) is 0.834. The third-order valence-electron chi connectivity index (χ3n) is 2.37. The third-order valence-corrected chi connectivity index (χ3v) is 2.37. The molecule has 0 aliphatic carbocycles. The normalized spacial score (nSPS) is 9.65. The minimum Gasteiger partial charge on any atom is -0.478 e. The first kappa shape index (κ1) is 12.7. The largest absolute Gasteiger partial charge is 0.478 e. The highest BCUT2D eigenvalue weighted by Gasteiger charge is 2.15. The molecule has 0 saturated carbocycles. The first-order chi connectivity index (χ1) is 7.61. The highest BCUT2D eigenvalue weighted by molar-refractivity contribution is 6.12. The van der Waals surface area contributed by atoms with Crippen LogP contribution >= 0.6 is 0 Å². The van der Waals surface area contributed by atoms with Crippen LogP contribution in [0.3, 0.4) is 0 Å². The van der Waals surface area contributed by atoms with Gasteiger partial charge in [-0.05, 0) is 17.5 Å². The molecule has 0 amide bonds. The van der Waals surface area contributed by atoms with Gasteiger partial charge < -0.3 is 10.2 Å². The SMILES string of the molecule is C.O=C(O)c1cccc2cccc(C(=O)O)c12. The molecule has 2 rings (SSSR count). The second-order valence-corrected chi connectivity index (χ2v) is 3.32. The lowest BCUT2D eigenvalue weighted by Crippen LogP contribution is -2.03. The fraction of sp³-hybridized carbons (Fsp3) is 0.0769. The zero-order valence-electron chi connectivity index (χ0n) is 8.18. The van der Waals surface area contributed by atoms with Gasteiger partial charge in [0.2, 0.25) is 0 Å². The molecule has 0 heterocycles. The van der Waals surface area contributed by atoms with Gasteiger partial charge in [0.15, 0.2) is 0 Å². The summed E-state index contributed by atoms with van der Waals surface area (Å²) in [5, 5.41) is 18.9. The Kier molecular flexibility index (Phi) is 3.48.